The Kier molecular flexibility index (Phi) is 8.63. The average molecular weight is 504 g/mol. The smallest absolute Gasteiger partial charge is 0.329 e. The van der Waals surface area contributed by atoms with Crippen LogP contribution in [0.4, 0.5) is 10.6 Å². The number of aryl methyl sites for hydroxylation is 2. The molecule has 0 aromatic carbocycles. The molecule has 3 aliphatic heterocycles. The van der Waals surface area contributed by atoms with E-state index in [0.717, 1.165) is 43.7 Å². The summed E-state index contributed by atoms with van der Waals surface area (Å²) in [6.45, 7) is 2.77. The third-order valence-corrected chi connectivity index (χ3v) is 7.42. The van der Waals surface area contributed by atoms with E-state index in [1.54, 1.807) is 4.90 Å². The molecule has 4 heterocycles. The van der Waals surface area contributed by atoms with Crippen LogP contribution in [0.3, 0.4) is 0 Å². The van der Waals surface area contributed by atoms with Crippen molar-refractivity contribution in [3.8, 4) is 0 Å². The summed E-state index contributed by atoms with van der Waals surface area (Å²) in [5.74, 6) is -1.000. The lowest BCUT2D eigenvalue weighted by Crippen LogP contribution is -2.62. The quantitative estimate of drug-likeness (QED) is 0.328. The lowest BCUT2D eigenvalue weighted by molar-refractivity contribution is -0.154. The number of aliphatic carboxylic acids is 1. The van der Waals surface area contributed by atoms with Crippen LogP contribution in [-0.4, -0.2) is 89.0 Å². The molecule has 1 aromatic heterocycles. The largest absolute Gasteiger partial charge is 0.480 e. The monoisotopic (exact) mass is 503 g/mol. The molecule has 36 heavy (non-hydrogen) atoms. The summed E-state index contributed by atoms with van der Waals surface area (Å²) in [4.78, 5) is 43.3. The van der Waals surface area contributed by atoms with Gasteiger partial charge in [-0.15, -0.1) is 0 Å². The minimum absolute atomic E-state index is 0.0670. The number of carboxylic acid groups (broad SMARTS) is 1. The normalized spacial score (nSPS) is 20.5. The van der Waals surface area contributed by atoms with E-state index in [2.05, 4.69) is 27.0 Å². The summed E-state index contributed by atoms with van der Waals surface area (Å²) >= 11 is 0. The van der Waals surface area contributed by atoms with Gasteiger partial charge in [-0.3, -0.25) is 4.79 Å². The van der Waals surface area contributed by atoms with Crippen LogP contribution in [-0.2, 0) is 27.2 Å². The van der Waals surface area contributed by atoms with Gasteiger partial charge in [0, 0.05) is 51.0 Å². The number of urea groups is 1. The fourth-order valence-corrected chi connectivity index (χ4v) is 5.12. The van der Waals surface area contributed by atoms with Gasteiger partial charge in [0.05, 0.1) is 5.60 Å². The van der Waals surface area contributed by atoms with Gasteiger partial charge in [0.25, 0.3) is 0 Å². The number of ether oxygens (including phenoxy) is 1. The number of piperidine rings is 1. The summed E-state index contributed by atoms with van der Waals surface area (Å²) in [6, 6.07) is 2.50. The van der Waals surface area contributed by atoms with Gasteiger partial charge in [-0.1, -0.05) is 6.07 Å². The molecule has 0 saturated carbocycles. The molecule has 2 fully saturated rings. The lowest BCUT2D eigenvalue weighted by atomic mass is 9.83. The van der Waals surface area contributed by atoms with Gasteiger partial charge in [-0.2, -0.15) is 0 Å². The van der Waals surface area contributed by atoms with Gasteiger partial charge >= 0.3 is 12.0 Å². The molecule has 1 unspecified atom stereocenters. The zero-order valence-corrected chi connectivity index (χ0v) is 20.6. The summed E-state index contributed by atoms with van der Waals surface area (Å²) in [5.41, 5.74) is 0.620. The molecule has 0 spiro atoms. The van der Waals surface area contributed by atoms with Crippen LogP contribution in [0.15, 0.2) is 12.1 Å². The first-order chi connectivity index (χ1) is 17.4. The van der Waals surface area contributed by atoms with Crippen molar-refractivity contribution in [3.05, 3.63) is 23.4 Å². The van der Waals surface area contributed by atoms with E-state index in [-0.39, 0.29) is 43.8 Å². The number of amides is 3. The number of anilines is 1. The zero-order chi connectivity index (χ0) is 25.5. The Bertz CT molecular complexity index is 943. The second-order valence-electron chi connectivity index (χ2n) is 9.93. The maximum absolute atomic E-state index is 12.6. The predicted octanol–water partition coefficient (Wildman–Crippen LogP) is 0.905. The predicted molar refractivity (Wildman–Crippen MR) is 132 cm³/mol. The van der Waals surface area contributed by atoms with E-state index in [0.29, 0.717) is 32.6 Å². The maximum atomic E-state index is 12.6. The van der Waals surface area contributed by atoms with Crippen LogP contribution in [0.2, 0.25) is 0 Å². The number of hydrogen-bond acceptors (Lipinski definition) is 7. The zero-order valence-electron chi connectivity index (χ0n) is 20.6. The second-order valence-corrected chi connectivity index (χ2v) is 9.93. The minimum Gasteiger partial charge on any atom is -0.480 e. The van der Waals surface area contributed by atoms with Gasteiger partial charge < -0.3 is 35.8 Å². The molecule has 2 saturated heterocycles. The van der Waals surface area contributed by atoms with Gasteiger partial charge in [0.2, 0.25) is 5.91 Å². The van der Waals surface area contributed by atoms with Crippen LogP contribution in [0.25, 0.3) is 0 Å². The van der Waals surface area contributed by atoms with Gasteiger partial charge in [-0.05, 0) is 63.0 Å². The van der Waals surface area contributed by atoms with E-state index in [4.69, 9.17) is 4.74 Å². The van der Waals surface area contributed by atoms with Crippen molar-refractivity contribution < 1.29 is 29.3 Å². The number of nitrogens with one attached hydrogen (secondary N) is 3. The summed E-state index contributed by atoms with van der Waals surface area (Å²) in [7, 11) is 0. The molecule has 198 valence electrons. The van der Waals surface area contributed by atoms with Crippen LogP contribution in [0, 0.1) is 5.92 Å². The molecular formula is C25H37N5O6. The molecule has 11 heteroatoms. The highest BCUT2D eigenvalue weighted by molar-refractivity contribution is 5.86. The fraction of sp³-hybridized carbons (Fsp3) is 0.680. The summed E-state index contributed by atoms with van der Waals surface area (Å²) < 4.78 is 5.26. The number of carbonyl (C=O) groups excluding carboxylic acids is 2. The number of pyridine rings is 1. The summed E-state index contributed by atoms with van der Waals surface area (Å²) in [5, 5.41) is 29.6. The van der Waals surface area contributed by atoms with Crippen molar-refractivity contribution in [1.82, 2.24) is 20.5 Å². The van der Waals surface area contributed by atoms with Crippen LogP contribution in [0.1, 0.15) is 49.8 Å². The number of rotatable bonds is 8. The second kappa shape index (κ2) is 11.9. The molecule has 1 atom stereocenters. The molecule has 1 aromatic rings. The molecule has 0 bridgehead atoms. The van der Waals surface area contributed by atoms with Crippen molar-refractivity contribution in [3.63, 3.8) is 0 Å². The van der Waals surface area contributed by atoms with Crippen molar-refractivity contribution in [2.45, 2.75) is 63.0 Å². The first-order valence-corrected chi connectivity index (χ1v) is 12.9. The Labute approximate surface area is 211 Å². The Morgan fingerprint density at radius 2 is 1.97 bits per heavy atom. The number of fused-ring (bicyclic) bond motifs is 1. The van der Waals surface area contributed by atoms with Crippen LogP contribution >= 0.6 is 0 Å². The molecule has 3 amide bonds. The maximum Gasteiger partial charge on any atom is 0.329 e. The highest BCUT2D eigenvalue weighted by atomic mass is 16.5. The van der Waals surface area contributed by atoms with Gasteiger partial charge in [0.15, 0.2) is 6.04 Å². The molecule has 3 aliphatic rings. The molecule has 0 radical (unpaired) electrons. The molecular weight excluding hydrogens is 466 g/mol. The van der Waals surface area contributed by atoms with E-state index in [9.17, 15) is 24.6 Å². The number of aliphatic hydroxyl groups is 1. The van der Waals surface area contributed by atoms with Crippen molar-refractivity contribution >= 4 is 23.7 Å². The Morgan fingerprint density at radius 1 is 1.22 bits per heavy atom. The highest BCUT2D eigenvalue weighted by Gasteiger charge is 2.46. The third-order valence-electron chi connectivity index (χ3n) is 7.42. The number of likely N-dealkylation sites (tertiary alicyclic amines) is 1. The number of carbonyl (C=O) groups is 3. The SMILES string of the molecule is O=C(NC(C(=O)O)C1(O)CCN(C(=O)NCCCc2ccc3c(n2)NCCC3)CC1)C1CCOCC1. The highest BCUT2D eigenvalue weighted by Crippen LogP contribution is 2.27. The summed E-state index contributed by atoms with van der Waals surface area (Å²) in [6.07, 6.45) is 4.86. The van der Waals surface area contributed by atoms with Crippen molar-refractivity contribution in [2.75, 3.05) is 44.7 Å². The fourth-order valence-electron chi connectivity index (χ4n) is 5.12. The molecule has 11 nitrogen and oxygen atoms in total. The van der Waals surface area contributed by atoms with Gasteiger partial charge in [0.1, 0.15) is 5.82 Å². The molecule has 0 aliphatic carbocycles. The number of carboxylic acids is 1. The topological polar surface area (TPSA) is 153 Å². The third kappa shape index (κ3) is 6.44. The number of nitrogens with zero attached hydrogens (tertiary/aromatic N) is 2. The van der Waals surface area contributed by atoms with Crippen molar-refractivity contribution in [2.24, 2.45) is 5.92 Å². The van der Waals surface area contributed by atoms with Crippen molar-refractivity contribution in [1.29, 1.82) is 0 Å². The Hall–Kier alpha value is -2.92. The number of hydrogen-bond donors (Lipinski definition) is 5. The Balaban J connectivity index is 1.21. The Morgan fingerprint density at radius 3 is 2.69 bits per heavy atom. The van der Waals surface area contributed by atoms with Gasteiger partial charge in [-0.25, -0.2) is 14.6 Å². The van der Waals surface area contributed by atoms with E-state index < -0.39 is 17.6 Å². The standard InChI is InChI=1S/C25H37N5O6/c31-22(18-7-15-36-16-8-18)29-20(23(32)33)25(35)9-13-30(14-10-25)24(34)27-12-2-4-19-6-5-17-3-1-11-26-21(17)28-19/h5-6,18,20,35H,1-4,7-16H2,(H,26,28)(H,27,34)(H,29,31)(H,32,33). The lowest BCUT2D eigenvalue weighted by Gasteiger charge is -2.41. The molecule has 4 rings (SSSR count). The van der Waals surface area contributed by atoms with E-state index in [1.165, 1.54) is 5.56 Å². The van der Waals surface area contributed by atoms with Crippen LogP contribution in [0.5, 0.6) is 0 Å². The first kappa shape index (κ1) is 26.2. The average Bonchev–Trinajstić information content (AvgIpc) is 2.90. The van der Waals surface area contributed by atoms with E-state index >= 15 is 0 Å². The molecule has 5 N–H and O–H groups in total. The number of aromatic nitrogens is 1. The van der Waals surface area contributed by atoms with Crippen LogP contribution < -0.4 is 16.0 Å². The van der Waals surface area contributed by atoms with E-state index in [1.807, 2.05) is 6.07 Å². The first-order valence-electron chi connectivity index (χ1n) is 12.9. The minimum atomic E-state index is -1.62.